The van der Waals surface area contributed by atoms with Gasteiger partial charge in [-0.3, -0.25) is 4.98 Å². The van der Waals surface area contributed by atoms with Crippen LogP contribution in [0.3, 0.4) is 0 Å². The summed E-state index contributed by atoms with van der Waals surface area (Å²) < 4.78 is 36.9. The Labute approximate surface area is 103 Å². The van der Waals surface area contributed by atoms with E-state index in [1.54, 1.807) is 24.4 Å². The van der Waals surface area contributed by atoms with Crippen LogP contribution in [-0.4, -0.2) is 4.98 Å². The van der Waals surface area contributed by atoms with Crippen LogP contribution in [0.25, 0.3) is 11.3 Å². The van der Waals surface area contributed by atoms with Crippen LogP contribution in [0.2, 0.25) is 0 Å². The van der Waals surface area contributed by atoms with Crippen molar-refractivity contribution in [1.29, 1.82) is 0 Å². The Morgan fingerprint density at radius 2 is 1.53 bits per heavy atom. The zero-order valence-electron chi connectivity index (χ0n) is 8.61. The quantitative estimate of drug-likeness (QED) is 0.748. The third-order valence-corrected chi connectivity index (χ3v) is 2.17. The zero-order chi connectivity index (χ0) is 11.6. The van der Waals surface area contributed by atoms with Crippen LogP contribution in [0.1, 0.15) is 5.56 Å². The van der Waals surface area contributed by atoms with Gasteiger partial charge in [0.25, 0.3) is 0 Å². The summed E-state index contributed by atoms with van der Waals surface area (Å²) in [5, 5.41) is 0. The summed E-state index contributed by atoms with van der Waals surface area (Å²) in [6, 6.07) is 10.3. The van der Waals surface area contributed by atoms with Gasteiger partial charge in [-0.1, -0.05) is 18.2 Å². The summed E-state index contributed by atoms with van der Waals surface area (Å²) in [4.78, 5) is 4.06. The molecule has 0 aliphatic carbocycles. The van der Waals surface area contributed by atoms with Gasteiger partial charge in [0, 0.05) is 11.8 Å². The van der Waals surface area contributed by atoms with E-state index in [0.29, 0.717) is 11.3 Å². The third-order valence-electron chi connectivity index (χ3n) is 2.17. The van der Waals surface area contributed by atoms with Gasteiger partial charge in [0.2, 0.25) is 0 Å². The minimum Gasteiger partial charge on any atom is -0.256 e. The molecule has 0 aliphatic heterocycles. The van der Waals surface area contributed by atoms with Crippen LogP contribution in [0.15, 0.2) is 48.7 Å². The van der Waals surface area contributed by atoms with Gasteiger partial charge in [0.05, 0.1) is 11.3 Å². The number of hydrogen-bond acceptors (Lipinski definition) is 1. The minimum absolute atomic E-state index is 0. The summed E-state index contributed by atoms with van der Waals surface area (Å²) in [7, 11) is 0. The van der Waals surface area contributed by atoms with E-state index in [9.17, 15) is 13.2 Å². The summed E-state index contributed by atoms with van der Waals surface area (Å²) in [5.41, 5.74) is 0.692. The molecule has 0 fully saturated rings. The van der Waals surface area contributed by atoms with Crippen molar-refractivity contribution in [3.8, 4) is 11.3 Å². The lowest BCUT2D eigenvalue weighted by molar-refractivity contribution is -0.137. The molecule has 0 aliphatic rings. The first-order valence-electron chi connectivity index (χ1n) is 4.66. The van der Waals surface area contributed by atoms with Crippen molar-refractivity contribution >= 4 is 12.4 Å². The van der Waals surface area contributed by atoms with Crippen molar-refractivity contribution in [3.63, 3.8) is 0 Å². The Morgan fingerprint density at radius 1 is 0.882 bits per heavy atom. The highest BCUT2D eigenvalue weighted by molar-refractivity contribution is 5.85. The Balaban J connectivity index is 0.00000144. The molecule has 90 valence electrons. The molecular weight excluding hydrogens is 251 g/mol. The van der Waals surface area contributed by atoms with Gasteiger partial charge in [0.1, 0.15) is 0 Å². The molecule has 1 nitrogen and oxygen atoms in total. The topological polar surface area (TPSA) is 12.9 Å². The smallest absolute Gasteiger partial charge is 0.256 e. The molecule has 0 saturated carbocycles. The van der Waals surface area contributed by atoms with Gasteiger partial charge in [-0.05, 0) is 24.3 Å². The van der Waals surface area contributed by atoms with E-state index in [-0.39, 0.29) is 12.4 Å². The molecule has 1 heterocycles. The lowest BCUT2D eigenvalue weighted by atomic mass is 10.1. The molecule has 2 aromatic rings. The second-order valence-electron chi connectivity index (χ2n) is 3.29. The molecule has 0 saturated heterocycles. The normalized spacial score (nSPS) is 10.8. The van der Waals surface area contributed by atoms with Crippen LogP contribution in [0.5, 0.6) is 0 Å². The van der Waals surface area contributed by atoms with Crippen molar-refractivity contribution < 1.29 is 13.2 Å². The Kier molecular flexibility index (Phi) is 4.12. The first kappa shape index (κ1) is 13.5. The fourth-order valence-corrected chi connectivity index (χ4v) is 1.36. The Bertz CT molecular complexity index is 465. The summed E-state index contributed by atoms with van der Waals surface area (Å²) in [6.07, 6.45) is -2.68. The lowest BCUT2D eigenvalue weighted by Crippen LogP contribution is -2.04. The maximum Gasteiger partial charge on any atom is 0.416 e. The summed E-state index contributed by atoms with van der Waals surface area (Å²) in [6.45, 7) is 0. The zero-order valence-corrected chi connectivity index (χ0v) is 9.42. The molecule has 0 unspecified atom stereocenters. The molecular formula is C12H9ClF3N. The van der Waals surface area contributed by atoms with Gasteiger partial charge < -0.3 is 0 Å². The Hall–Kier alpha value is -1.55. The molecule has 2 rings (SSSR count). The van der Waals surface area contributed by atoms with Crippen LogP contribution in [0.4, 0.5) is 13.2 Å². The summed E-state index contributed by atoms with van der Waals surface area (Å²) in [5.74, 6) is 0. The number of aromatic nitrogens is 1. The first-order chi connectivity index (χ1) is 7.57. The van der Waals surface area contributed by atoms with E-state index in [0.717, 1.165) is 12.1 Å². The van der Waals surface area contributed by atoms with Crippen LogP contribution < -0.4 is 0 Å². The van der Waals surface area contributed by atoms with Gasteiger partial charge in [0.15, 0.2) is 0 Å². The predicted octanol–water partition coefficient (Wildman–Crippen LogP) is 4.19. The second kappa shape index (κ2) is 5.19. The van der Waals surface area contributed by atoms with Crippen molar-refractivity contribution in [2.75, 3.05) is 0 Å². The average molecular weight is 260 g/mol. The minimum atomic E-state index is -4.29. The number of rotatable bonds is 1. The molecule has 5 heteroatoms. The van der Waals surface area contributed by atoms with Crippen molar-refractivity contribution in [2.24, 2.45) is 0 Å². The van der Waals surface area contributed by atoms with E-state index in [1.807, 2.05) is 0 Å². The van der Waals surface area contributed by atoms with Gasteiger partial charge in [-0.25, -0.2) is 0 Å². The third kappa shape index (κ3) is 3.20. The maximum atomic E-state index is 12.3. The molecule has 0 amide bonds. The van der Waals surface area contributed by atoms with E-state index < -0.39 is 11.7 Å². The fraction of sp³-hybridized carbons (Fsp3) is 0.0833. The van der Waals surface area contributed by atoms with Crippen molar-refractivity contribution in [2.45, 2.75) is 6.18 Å². The van der Waals surface area contributed by atoms with E-state index >= 15 is 0 Å². The number of benzene rings is 1. The van der Waals surface area contributed by atoms with E-state index in [2.05, 4.69) is 4.98 Å². The lowest BCUT2D eigenvalue weighted by Gasteiger charge is -2.07. The van der Waals surface area contributed by atoms with Crippen LogP contribution >= 0.6 is 12.4 Å². The van der Waals surface area contributed by atoms with Crippen LogP contribution in [-0.2, 0) is 6.18 Å². The van der Waals surface area contributed by atoms with Gasteiger partial charge in [-0.15, -0.1) is 12.4 Å². The molecule has 0 N–H and O–H groups in total. The predicted molar refractivity (Wildman–Crippen MR) is 61.9 cm³/mol. The van der Waals surface area contributed by atoms with Gasteiger partial charge in [-0.2, -0.15) is 13.2 Å². The average Bonchev–Trinajstić information content (AvgIpc) is 2.29. The van der Waals surface area contributed by atoms with Gasteiger partial charge >= 0.3 is 6.18 Å². The molecule has 0 radical (unpaired) electrons. The second-order valence-corrected chi connectivity index (χ2v) is 3.29. The van der Waals surface area contributed by atoms with Crippen molar-refractivity contribution in [3.05, 3.63) is 54.2 Å². The van der Waals surface area contributed by atoms with Crippen molar-refractivity contribution in [1.82, 2.24) is 4.98 Å². The monoisotopic (exact) mass is 259 g/mol. The maximum absolute atomic E-state index is 12.3. The highest BCUT2D eigenvalue weighted by Gasteiger charge is 2.29. The summed E-state index contributed by atoms with van der Waals surface area (Å²) >= 11 is 0. The van der Waals surface area contributed by atoms with E-state index in [4.69, 9.17) is 0 Å². The number of halogens is 4. The molecule has 0 atom stereocenters. The molecule has 17 heavy (non-hydrogen) atoms. The first-order valence-corrected chi connectivity index (χ1v) is 4.66. The number of pyridine rings is 1. The molecule has 1 aromatic carbocycles. The molecule has 1 aromatic heterocycles. The standard InChI is InChI=1S/C12H8F3N.ClH/c13-12(14,15)10-6-4-9(5-7-10)11-3-1-2-8-16-11;/h1-8H;1H. The number of hydrogen-bond donors (Lipinski definition) is 0. The Morgan fingerprint density at radius 3 is 2.00 bits per heavy atom. The molecule has 0 bridgehead atoms. The number of alkyl halides is 3. The van der Waals surface area contributed by atoms with Crippen LogP contribution in [0, 0.1) is 0 Å². The SMILES string of the molecule is Cl.FC(F)(F)c1ccc(-c2ccccn2)cc1. The number of nitrogens with zero attached hydrogens (tertiary/aromatic N) is 1. The van der Waals surface area contributed by atoms with E-state index in [1.165, 1.54) is 12.1 Å². The molecule has 0 spiro atoms. The highest BCUT2D eigenvalue weighted by atomic mass is 35.5. The largest absolute Gasteiger partial charge is 0.416 e. The fourth-order valence-electron chi connectivity index (χ4n) is 1.36. The highest BCUT2D eigenvalue weighted by Crippen LogP contribution is 2.30.